The molecule has 0 unspecified atom stereocenters. The zero-order valence-electron chi connectivity index (χ0n) is 12.6. The van der Waals surface area contributed by atoms with Crippen LogP contribution in [0.5, 0.6) is 5.75 Å². The Labute approximate surface area is 140 Å². The highest BCUT2D eigenvalue weighted by atomic mass is 35.5. The zero-order valence-corrected chi connectivity index (χ0v) is 14.2. The average molecular weight is 360 g/mol. The van der Waals surface area contributed by atoms with Crippen LogP contribution in [0.1, 0.15) is 12.8 Å². The van der Waals surface area contributed by atoms with Gasteiger partial charge in [-0.1, -0.05) is 11.6 Å². The molecule has 9 heteroatoms. The van der Waals surface area contributed by atoms with Crippen molar-refractivity contribution in [3.63, 3.8) is 0 Å². The SMILES string of the molecule is COc1ccc(Cl)cc1S(=O)(=O)N1CCC2(CC1)CNC(=O)N2. The zero-order chi connectivity index (χ0) is 16.7. The highest BCUT2D eigenvalue weighted by molar-refractivity contribution is 7.89. The molecule has 23 heavy (non-hydrogen) atoms. The van der Waals surface area contributed by atoms with Crippen molar-refractivity contribution in [2.75, 3.05) is 26.7 Å². The maximum Gasteiger partial charge on any atom is 0.315 e. The van der Waals surface area contributed by atoms with E-state index in [1.807, 2.05) is 0 Å². The summed E-state index contributed by atoms with van der Waals surface area (Å²) >= 11 is 5.94. The van der Waals surface area contributed by atoms with Gasteiger partial charge in [0.05, 0.1) is 12.6 Å². The number of nitrogens with zero attached hydrogens (tertiary/aromatic N) is 1. The second-order valence-corrected chi connectivity index (χ2v) is 8.13. The van der Waals surface area contributed by atoms with Crippen LogP contribution in [0.2, 0.25) is 5.02 Å². The lowest BCUT2D eigenvalue weighted by Gasteiger charge is -2.37. The molecule has 2 fully saturated rings. The fourth-order valence-corrected chi connectivity index (χ4v) is 4.89. The minimum absolute atomic E-state index is 0.0667. The number of rotatable bonds is 3. The van der Waals surface area contributed by atoms with E-state index in [9.17, 15) is 13.2 Å². The molecule has 0 atom stereocenters. The van der Waals surface area contributed by atoms with Crippen molar-refractivity contribution < 1.29 is 17.9 Å². The Morgan fingerprint density at radius 3 is 2.57 bits per heavy atom. The number of carbonyl (C=O) groups is 1. The third-order valence-electron chi connectivity index (χ3n) is 4.39. The van der Waals surface area contributed by atoms with Crippen molar-refractivity contribution in [3.05, 3.63) is 23.2 Å². The topological polar surface area (TPSA) is 87.7 Å². The summed E-state index contributed by atoms with van der Waals surface area (Å²) in [6.07, 6.45) is 1.13. The summed E-state index contributed by atoms with van der Waals surface area (Å²) in [6.45, 7) is 1.19. The standard InChI is InChI=1S/C14H18ClN3O4S/c1-22-11-3-2-10(15)8-12(11)23(20,21)18-6-4-14(5-7-18)9-16-13(19)17-14/h2-3,8H,4-7,9H2,1H3,(H2,16,17,19). The van der Waals surface area contributed by atoms with Gasteiger partial charge in [0.25, 0.3) is 0 Å². The normalized spacial score (nSPS) is 21.0. The fourth-order valence-electron chi connectivity index (χ4n) is 3.03. The third-order valence-corrected chi connectivity index (χ3v) is 6.54. The van der Waals surface area contributed by atoms with Crippen molar-refractivity contribution in [1.29, 1.82) is 0 Å². The van der Waals surface area contributed by atoms with E-state index in [0.717, 1.165) is 0 Å². The highest BCUT2D eigenvalue weighted by Gasteiger charge is 2.43. The lowest BCUT2D eigenvalue weighted by atomic mass is 9.90. The van der Waals surface area contributed by atoms with Crippen LogP contribution < -0.4 is 15.4 Å². The second kappa shape index (κ2) is 5.85. The van der Waals surface area contributed by atoms with Crippen molar-refractivity contribution in [3.8, 4) is 5.75 Å². The minimum atomic E-state index is -3.70. The summed E-state index contributed by atoms with van der Waals surface area (Å²) in [6, 6.07) is 4.34. The van der Waals surface area contributed by atoms with Crippen molar-refractivity contribution in [1.82, 2.24) is 14.9 Å². The average Bonchev–Trinajstić information content (AvgIpc) is 2.88. The molecule has 0 aliphatic carbocycles. The number of halogens is 1. The van der Waals surface area contributed by atoms with Crippen LogP contribution in [0.3, 0.4) is 0 Å². The van der Waals surface area contributed by atoms with Crippen LogP contribution in [0, 0.1) is 0 Å². The van der Waals surface area contributed by atoms with Crippen LogP contribution in [0.25, 0.3) is 0 Å². The van der Waals surface area contributed by atoms with Gasteiger partial charge in [0.15, 0.2) is 0 Å². The molecule has 126 valence electrons. The number of hydrogen-bond acceptors (Lipinski definition) is 4. The van der Waals surface area contributed by atoms with Crippen molar-refractivity contribution in [2.24, 2.45) is 0 Å². The molecule has 1 aromatic carbocycles. The van der Waals surface area contributed by atoms with E-state index in [1.165, 1.54) is 17.5 Å². The molecule has 0 bridgehead atoms. The van der Waals surface area contributed by atoms with Crippen molar-refractivity contribution >= 4 is 27.7 Å². The second-order valence-electron chi connectivity index (χ2n) is 5.79. The lowest BCUT2D eigenvalue weighted by molar-refractivity contribution is 0.216. The quantitative estimate of drug-likeness (QED) is 0.848. The molecule has 2 heterocycles. The number of amides is 2. The van der Waals surface area contributed by atoms with Gasteiger partial charge in [0.2, 0.25) is 10.0 Å². The first-order valence-corrected chi connectivity index (χ1v) is 9.08. The maximum absolute atomic E-state index is 12.9. The maximum atomic E-state index is 12.9. The van der Waals surface area contributed by atoms with E-state index in [0.29, 0.717) is 37.5 Å². The fraction of sp³-hybridized carbons (Fsp3) is 0.500. The number of benzene rings is 1. The number of piperidine rings is 1. The lowest BCUT2D eigenvalue weighted by Crippen LogP contribution is -2.53. The molecular formula is C14H18ClN3O4S. The van der Waals surface area contributed by atoms with Crippen LogP contribution >= 0.6 is 11.6 Å². The van der Waals surface area contributed by atoms with E-state index in [2.05, 4.69) is 10.6 Å². The van der Waals surface area contributed by atoms with Crippen LogP contribution in [-0.2, 0) is 10.0 Å². The van der Waals surface area contributed by atoms with Crippen LogP contribution in [0.4, 0.5) is 4.79 Å². The molecule has 1 spiro atoms. The molecule has 2 amide bonds. The molecule has 2 N–H and O–H groups in total. The van der Waals surface area contributed by atoms with Gasteiger partial charge in [-0.05, 0) is 31.0 Å². The predicted octanol–water partition coefficient (Wildman–Crippen LogP) is 1.18. The number of urea groups is 1. The van der Waals surface area contributed by atoms with Gasteiger partial charge in [-0.25, -0.2) is 13.2 Å². The Morgan fingerprint density at radius 1 is 1.30 bits per heavy atom. The van der Waals surface area contributed by atoms with Gasteiger partial charge >= 0.3 is 6.03 Å². The first-order valence-electron chi connectivity index (χ1n) is 7.26. The molecule has 2 aliphatic heterocycles. The minimum Gasteiger partial charge on any atom is -0.495 e. The van der Waals surface area contributed by atoms with Crippen molar-refractivity contribution in [2.45, 2.75) is 23.3 Å². The number of sulfonamides is 1. The Balaban J connectivity index is 1.82. The molecule has 3 rings (SSSR count). The summed E-state index contributed by atoms with van der Waals surface area (Å²) in [4.78, 5) is 11.4. The van der Waals surface area contributed by atoms with E-state index >= 15 is 0 Å². The van der Waals surface area contributed by atoms with E-state index in [1.54, 1.807) is 12.1 Å². The largest absolute Gasteiger partial charge is 0.495 e. The van der Waals surface area contributed by atoms with Crippen LogP contribution in [0.15, 0.2) is 23.1 Å². The molecule has 0 aromatic heterocycles. The van der Waals surface area contributed by atoms with Gasteiger partial charge in [-0.15, -0.1) is 0 Å². The van der Waals surface area contributed by atoms with E-state index < -0.39 is 10.0 Å². The predicted molar refractivity (Wildman–Crippen MR) is 85.3 cm³/mol. The summed E-state index contributed by atoms with van der Waals surface area (Å²) in [5.41, 5.74) is -0.346. The van der Waals surface area contributed by atoms with Gasteiger partial charge < -0.3 is 15.4 Å². The van der Waals surface area contributed by atoms with Gasteiger partial charge in [0.1, 0.15) is 10.6 Å². The van der Waals surface area contributed by atoms with Crippen LogP contribution in [-0.4, -0.2) is 51.0 Å². The number of nitrogens with one attached hydrogen (secondary N) is 2. The number of methoxy groups -OCH3 is 1. The monoisotopic (exact) mass is 359 g/mol. The molecule has 1 aromatic rings. The number of ether oxygens (including phenoxy) is 1. The van der Waals surface area contributed by atoms with Gasteiger partial charge in [-0.3, -0.25) is 0 Å². The molecule has 0 saturated carbocycles. The molecule has 2 aliphatic rings. The molecular weight excluding hydrogens is 342 g/mol. The van der Waals surface area contributed by atoms with Gasteiger partial charge in [-0.2, -0.15) is 4.31 Å². The highest BCUT2D eigenvalue weighted by Crippen LogP contribution is 2.33. The summed E-state index contributed by atoms with van der Waals surface area (Å²) in [7, 11) is -2.27. The summed E-state index contributed by atoms with van der Waals surface area (Å²) < 4.78 is 32.3. The summed E-state index contributed by atoms with van der Waals surface area (Å²) in [5.74, 6) is 0.269. The Bertz CT molecular complexity index is 730. The molecule has 7 nitrogen and oxygen atoms in total. The third kappa shape index (κ3) is 2.98. The number of carbonyl (C=O) groups excluding carboxylic acids is 1. The Morgan fingerprint density at radius 2 is 2.00 bits per heavy atom. The first-order chi connectivity index (χ1) is 10.9. The summed E-state index contributed by atoms with van der Waals surface area (Å²) in [5, 5.41) is 5.97. The van der Waals surface area contributed by atoms with E-state index in [4.69, 9.17) is 16.3 Å². The molecule has 2 saturated heterocycles. The Kier molecular flexibility index (Phi) is 4.16. The molecule has 0 radical (unpaired) electrons. The van der Waals surface area contributed by atoms with Gasteiger partial charge in [0, 0.05) is 24.7 Å². The van der Waals surface area contributed by atoms with E-state index in [-0.39, 0.29) is 22.2 Å². The number of hydrogen-bond donors (Lipinski definition) is 2. The Hall–Kier alpha value is -1.51. The smallest absolute Gasteiger partial charge is 0.315 e. The first kappa shape index (κ1) is 16.4.